The van der Waals surface area contributed by atoms with Crippen LogP contribution >= 0.6 is 0 Å². The number of carbonyl (C=O) groups is 3. The zero-order valence-electron chi connectivity index (χ0n) is 38.6. The van der Waals surface area contributed by atoms with Crippen molar-refractivity contribution < 1.29 is 33.4 Å². The fourth-order valence-corrected chi connectivity index (χ4v) is 10.4. The summed E-state index contributed by atoms with van der Waals surface area (Å²) in [5.41, 5.74) is 2.53. The van der Waals surface area contributed by atoms with Crippen LogP contribution in [0, 0.1) is 49.2 Å². The predicted octanol–water partition coefficient (Wildman–Crippen LogP) is 8.75. The topological polar surface area (TPSA) is 105 Å². The molecule has 6 rings (SSSR count). The molecule has 2 fully saturated rings. The molecule has 11 heteroatoms. The summed E-state index contributed by atoms with van der Waals surface area (Å²) >= 11 is 0. The molecule has 2 aliphatic rings. The summed E-state index contributed by atoms with van der Waals surface area (Å²) in [6.07, 6.45) is 5.60. The van der Waals surface area contributed by atoms with Gasteiger partial charge in [-0.05, 0) is 153 Å². The van der Waals surface area contributed by atoms with Crippen LogP contribution < -0.4 is 0 Å². The van der Waals surface area contributed by atoms with Gasteiger partial charge in [-0.3, -0.25) is 14.4 Å². The zero-order valence-corrected chi connectivity index (χ0v) is 38.6. The number of aromatic hydroxyl groups is 2. The van der Waals surface area contributed by atoms with Crippen molar-refractivity contribution in [1.29, 1.82) is 0 Å². The third-order valence-electron chi connectivity index (χ3n) is 13.7. The van der Waals surface area contributed by atoms with Gasteiger partial charge >= 0.3 is 0 Å². The monoisotopic (exact) mass is 879 g/mol. The number of piperidine rings is 2. The Morgan fingerprint density at radius 3 is 1.30 bits per heavy atom. The minimum atomic E-state index is -0.805. The number of Topliss-reactive ketones (excluding diaryl/α,β-unsaturated/α-hetero) is 3. The van der Waals surface area contributed by atoms with Crippen LogP contribution in [0.2, 0.25) is 0 Å². The predicted molar refractivity (Wildman–Crippen MR) is 249 cm³/mol. The first kappa shape index (κ1) is 48.6. The van der Waals surface area contributed by atoms with Crippen molar-refractivity contribution in [3.63, 3.8) is 0 Å². The summed E-state index contributed by atoms with van der Waals surface area (Å²) < 4.78 is 31.5. The van der Waals surface area contributed by atoms with Crippen molar-refractivity contribution in [3.05, 3.63) is 130 Å². The molecule has 64 heavy (non-hydrogen) atoms. The maximum atomic E-state index is 16.3. The molecule has 6 unspecified atom stereocenters. The number of unbranched alkanes of at least 4 members (excludes halogenated alkanes) is 4. The van der Waals surface area contributed by atoms with Gasteiger partial charge in [-0.1, -0.05) is 61.4 Å². The fraction of sp³-hybridized carbons (Fsp3) is 0.491. The number of likely N-dealkylation sites (tertiary alicyclic amines) is 2. The molecular formula is C53H68F2N4O5. The summed E-state index contributed by atoms with van der Waals surface area (Å²) in [6, 6.07) is 22.2. The second kappa shape index (κ2) is 22.4. The Morgan fingerprint density at radius 1 is 0.547 bits per heavy atom. The number of halogens is 2. The SMILES string of the molecule is Cc1c(F)cccc1C1C(C(=O)c2cccc(O)c2)CN(CCCCCN(C)C)CC1C(=O)C1CN(CCCCCN(C)C)CC(C(=O)c2cccc(O)c2)C1c1cccc(F)c1C. The van der Waals surface area contributed by atoms with Crippen LogP contribution in [0.1, 0.15) is 93.3 Å². The smallest absolute Gasteiger partial charge is 0.167 e. The van der Waals surface area contributed by atoms with E-state index in [9.17, 15) is 19.8 Å². The second-order valence-electron chi connectivity index (χ2n) is 18.9. The maximum absolute atomic E-state index is 16.3. The molecule has 4 aromatic carbocycles. The molecule has 344 valence electrons. The number of hydrogen-bond donors (Lipinski definition) is 2. The summed E-state index contributed by atoms with van der Waals surface area (Å²) in [4.78, 5) is 54.9. The van der Waals surface area contributed by atoms with Crippen molar-refractivity contribution in [2.24, 2.45) is 23.7 Å². The number of ketones is 3. The average Bonchev–Trinajstić information content (AvgIpc) is 3.26. The summed E-state index contributed by atoms with van der Waals surface area (Å²) in [5, 5.41) is 21.1. The lowest BCUT2D eigenvalue weighted by atomic mass is 9.62. The molecule has 0 saturated carbocycles. The van der Waals surface area contributed by atoms with E-state index in [-0.39, 0.29) is 28.8 Å². The normalized spacial score (nSPS) is 22.0. The van der Waals surface area contributed by atoms with Crippen LogP contribution in [-0.2, 0) is 4.79 Å². The van der Waals surface area contributed by atoms with Gasteiger partial charge in [-0.2, -0.15) is 0 Å². The molecule has 6 atom stereocenters. The van der Waals surface area contributed by atoms with Gasteiger partial charge in [0.05, 0.1) is 0 Å². The van der Waals surface area contributed by atoms with Crippen LogP contribution in [0.15, 0.2) is 84.9 Å². The van der Waals surface area contributed by atoms with Crippen molar-refractivity contribution in [2.75, 3.05) is 80.5 Å². The molecule has 0 aliphatic carbocycles. The first-order valence-corrected chi connectivity index (χ1v) is 23.1. The van der Waals surface area contributed by atoms with Gasteiger partial charge in [-0.25, -0.2) is 8.78 Å². The second-order valence-corrected chi connectivity index (χ2v) is 18.9. The van der Waals surface area contributed by atoms with E-state index in [1.807, 2.05) is 40.3 Å². The third kappa shape index (κ3) is 11.9. The minimum absolute atomic E-state index is 0.0507. The lowest BCUT2D eigenvalue weighted by Gasteiger charge is -2.48. The van der Waals surface area contributed by atoms with Crippen LogP contribution in [0.3, 0.4) is 0 Å². The number of phenols is 2. The van der Waals surface area contributed by atoms with E-state index >= 15 is 13.6 Å². The quantitative estimate of drug-likeness (QED) is 0.0667. The number of benzene rings is 4. The molecule has 0 amide bonds. The number of hydrogen-bond acceptors (Lipinski definition) is 9. The van der Waals surface area contributed by atoms with Gasteiger partial charge in [0, 0.05) is 72.8 Å². The number of nitrogens with zero attached hydrogens (tertiary/aromatic N) is 4. The Balaban J connectivity index is 1.50. The highest BCUT2D eigenvalue weighted by molar-refractivity contribution is 6.01. The Kier molecular flexibility index (Phi) is 17.0. The van der Waals surface area contributed by atoms with Crippen molar-refractivity contribution in [3.8, 4) is 11.5 Å². The van der Waals surface area contributed by atoms with Crippen LogP contribution in [-0.4, -0.2) is 128 Å². The van der Waals surface area contributed by atoms with Gasteiger partial charge in [0.15, 0.2) is 11.6 Å². The zero-order chi connectivity index (χ0) is 46.1. The Labute approximate surface area is 379 Å². The number of phenolic OH excluding ortho intramolecular Hbond substituents is 2. The van der Waals surface area contributed by atoms with Crippen LogP contribution in [0.5, 0.6) is 11.5 Å². The van der Waals surface area contributed by atoms with Gasteiger partial charge < -0.3 is 29.8 Å². The molecule has 2 aliphatic heterocycles. The first-order valence-electron chi connectivity index (χ1n) is 23.1. The lowest BCUT2D eigenvalue weighted by Crippen LogP contribution is -2.56. The third-order valence-corrected chi connectivity index (χ3v) is 13.7. The van der Waals surface area contributed by atoms with E-state index in [0.29, 0.717) is 72.6 Å². The Bertz CT molecular complexity index is 2080. The highest BCUT2D eigenvalue weighted by atomic mass is 19.1. The van der Waals surface area contributed by atoms with Crippen molar-refractivity contribution in [2.45, 2.75) is 64.2 Å². The molecule has 0 radical (unpaired) electrons. The highest BCUT2D eigenvalue weighted by Crippen LogP contribution is 2.48. The van der Waals surface area contributed by atoms with Crippen LogP contribution in [0.25, 0.3) is 0 Å². The maximum Gasteiger partial charge on any atom is 0.167 e. The lowest BCUT2D eigenvalue weighted by molar-refractivity contribution is -0.133. The Hall–Kier alpha value is -4.81. The van der Waals surface area contributed by atoms with Crippen molar-refractivity contribution in [1.82, 2.24) is 19.6 Å². The summed E-state index contributed by atoms with van der Waals surface area (Å²) in [7, 11) is 8.19. The van der Waals surface area contributed by atoms with Gasteiger partial charge in [0.2, 0.25) is 0 Å². The largest absolute Gasteiger partial charge is 0.508 e. The van der Waals surface area contributed by atoms with E-state index in [2.05, 4.69) is 19.6 Å². The molecular weight excluding hydrogens is 811 g/mol. The number of rotatable bonds is 20. The molecule has 2 N–H and O–H groups in total. The van der Waals surface area contributed by atoms with E-state index in [4.69, 9.17) is 0 Å². The molecule has 9 nitrogen and oxygen atoms in total. The summed E-state index contributed by atoms with van der Waals surface area (Å²) in [6.45, 7) is 7.87. The molecule has 2 heterocycles. The number of carbonyl (C=O) groups excluding carboxylic acids is 3. The molecule has 0 aromatic heterocycles. The standard InChI is InChI=1S/C53H68F2N4O5/c1-35-41(21-15-23-47(35)54)49-43(51(62)37-17-13-19-39(60)29-37)31-58(27-11-7-9-25-56(3)4)33-45(49)53(64)46-34-59(28-12-8-10-26-57(5)6)32-44(52(63)38-18-14-20-40(61)30-38)50(46)42-22-16-24-48(55)36(42)2/h13-24,29-30,43-46,49-50,60-61H,7-12,25-28,31-34H2,1-6H3. The van der Waals surface area contributed by atoms with Crippen molar-refractivity contribution >= 4 is 17.3 Å². The minimum Gasteiger partial charge on any atom is -0.508 e. The Morgan fingerprint density at radius 2 is 0.922 bits per heavy atom. The van der Waals surface area contributed by atoms with Gasteiger partial charge in [-0.15, -0.1) is 0 Å². The van der Waals surface area contributed by atoms with E-state index in [0.717, 1.165) is 51.6 Å². The van der Waals surface area contributed by atoms with Crippen LogP contribution in [0.4, 0.5) is 8.78 Å². The van der Waals surface area contributed by atoms with E-state index < -0.39 is 47.1 Å². The van der Waals surface area contributed by atoms with Gasteiger partial charge in [0.25, 0.3) is 0 Å². The van der Waals surface area contributed by atoms with E-state index in [1.54, 1.807) is 50.2 Å². The first-order chi connectivity index (χ1) is 30.6. The molecule has 4 aromatic rings. The molecule has 0 spiro atoms. The molecule has 0 bridgehead atoms. The summed E-state index contributed by atoms with van der Waals surface area (Å²) in [5.74, 6) is -6.22. The highest BCUT2D eigenvalue weighted by Gasteiger charge is 2.51. The molecule has 2 saturated heterocycles. The average molecular weight is 879 g/mol. The van der Waals surface area contributed by atoms with E-state index in [1.165, 1.54) is 36.4 Å². The fourth-order valence-electron chi connectivity index (χ4n) is 10.4. The van der Waals surface area contributed by atoms with Gasteiger partial charge in [0.1, 0.15) is 28.9 Å².